The molecule has 0 fully saturated rings. The number of hydrogen-bond acceptors (Lipinski definition) is 4. The van der Waals surface area contributed by atoms with Gasteiger partial charge in [-0.1, -0.05) is 18.5 Å². The molecular formula is C16H16ClNO4S. The van der Waals surface area contributed by atoms with E-state index < -0.39 is 12.6 Å². The van der Waals surface area contributed by atoms with Crippen molar-refractivity contribution >= 4 is 40.5 Å². The van der Waals surface area contributed by atoms with Crippen LogP contribution in [-0.4, -0.2) is 23.6 Å². The van der Waals surface area contributed by atoms with Crippen LogP contribution in [0.4, 0.5) is 5.69 Å². The second-order valence-corrected chi connectivity index (χ2v) is 6.40. The van der Waals surface area contributed by atoms with Gasteiger partial charge >= 0.3 is 5.97 Å². The first-order valence-electron chi connectivity index (χ1n) is 6.95. The maximum atomic E-state index is 12.3. The predicted octanol–water partition coefficient (Wildman–Crippen LogP) is 3.99. The lowest BCUT2D eigenvalue weighted by Gasteiger charge is -2.08. The molecule has 0 aliphatic carbocycles. The van der Waals surface area contributed by atoms with Gasteiger partial charge in [-0.25, -0.2) is 4.79 Å². The molecule has 23 heavy (non-hydrogen) atoms. The summed E-state index contributed by atoms with van der Waals surface area (Å²) in [4.78, 5) is 24.6. The summed E-state index contributed by atoms with van der Waals surface area (Å²) in [6.07, 6.45) is 0.894. The number of halogens is 1. The molecule has 5 nitrogen and oxygen atoms in total. The first-order valence-corrected chi connectivity index (χ1v) is 8.15. The summed E-state index contributed by atoms with van der Waals surface area (Å²) < 4.78 is 5.03. The lowest BCUT2D eigenvalue weighted by Crippen LogP contribution is -2.11. The molecule has 2 N–H and O–H groups in total. The van der Waals surface area contributed by atoms with Crippen LogP contribution in [0.1, 0.15) is 27.0 Å². The number of aryl methyl sites for hydroxylation is 2. The van der Waals surface area contributed by atoms with Crippen molar-refractivity contribution in [2.24, 2.45) is 0 Å². The van der Waals surface area contributed by atoms with Crippen molar-refractivity contribution in [2.75, 3.05) is 11.9 Å². The molecule has 7 heteroatoms. The summed E-state index contributed by atoms with van der Waals surface area (Å²) in [6.45, 7) is 3.56. The summed E-state index contributed by atoms with van der Waals surface area (Å²) in [5.74, 6) is -1.03. The number of benzene rings is 1. The lowest BCUT2D eigenvalue weighted by atomic mass is 10.2. The van der Waals surface area contributed by atoms with Gasteiger partial charge in [-0.2, -0.15) is 0 Å². The van der Waals surface area contributed by atoms with E-state index in [1.807, 2.05) is 13.0 Å². The quantitative estimate of drug-likeness (QED) is 0.823. The van der Waals surface area contributed by atoms with E-state index in [1.165, 1.54) is 28.3 Å². The Labute approximate surface area is 142 Å². The standard InChI is InChI=1S/C16H16ClNO4S/c1-3-13-9(2)6-14(23-13)16(21)18-10-4-5-12(11(17)7-10)22-8-15(19)20/h4-7H,3,8H2,1-2H3,(H,18,21)(H,19,20). The molecule has 1 heterocycles. The third-order valence-electron chi connectivity index (χ3n) is 3.11. The number of carbonyl (C=O) groups is 2. The summed E-state index contributed by atoms with van der Waals surface area (Å²) in [6, 6.07) is 6.53. The van der Waals surface area contributed by atoms with Crippen LogP contribution in [0, 0.1) is 6.92 Å². The minimum Gasteiger partial charge on any atom is -0.480 e. The topological polar surface area (TPSA) is 75.6 Å². The van der Waals surface area contributed by atoms with E-state index in [4.69, 9.17) is 21.4 Å². The summed E-state index contributed by atoms with van der Waals surface area (Å²) >= 11 is 7.50. The zero-order chi connectivity index (χ0) is 17.0. The molecule has 0 atom stereocenters. The van der Waals surface area contributed by atoms with Gasteiger partial charge in [0.15, 0.2) is 6.61 Å². The fourth-order valence-electron chi connectivity index (χ4n) is 2.01. The highest BCUT2D eigenvalue weighted by molar-refractivity contribution is 7.14. The van der Waals surface area contributed by atoms with Crippen molar-refractivity contribution in [3.8, 4) is 5.75 Å². The van der Waals surface area contributed by atoms with Crippen LogP contribution in [0.15, 0.2) is 24.3 Å². The molecule has 0 radical (unpaired) electrons. The van der Waals surface area contributed by atoms with Gasteiger partial charge in [0.05, 0.1) is 9.90 Å². The predicted molar refractivity (Wildman–Crippen MR) is 91.0 cm³/mol. The second kappa shape index (κ2) is 7.48. The molecule has 1 aromatic carbocycles. The number of ether oxygens (including phenoxy) is 1. The Morgan fingerprint density at radius 1 is 1.35 bits per heavy atom. The van der Waals surface area contributed by atoms with Crippen LogP contribution in [0.25, 0.3) is 0 Å². The van der Waals surface area contributed by atoms with Gasteiger partial charge in [0.25, 0.3) is 5.91 Å². The van der Waals surface area contributed by atoms with Crippen LogP contribution in [0.3, 0.4) is 0 Å². The number of carboxylic acids is 1. The highest BCUT2D eigenvalue weighted by Gasteiger charge is 2.13. The third-order valence-corrected chi connectivity index (χ3v) is 4.78. The zero-order valence-corrected chi connectivity index (χ0v) is 14.3. The molecular weight excluding hydrogens is 338 g/mol. The Morgan fingerprint density at radius 3 is 2.65 bits per heavy atom. The molecule has 1 amide bonds. The largest absolute Gasteiger partial charge is 0.480 e. The first kappa shape index (κ1) is 17.3. The van der Waals surface area contributed by atoms with E-state index in [0.29, 0.717) is 10.6 Å². The monoisotopic (exact) mass is 353 g/mol. The van der Waals surface area contributed by atoms with Gasteiger partial charge in [0, 0.05) is 10.6 Å². The number of carbonyl (C=O) groups excluding carboxylic acids is 1. The first-order chi connectivity index (χ1) is 10.9. The van der Waals surface area contributed by atoms with Gasteiger partial charge in [0.2, 0.25) is 0 Å². The number of anilines is 1. The molecule has 2 aromatic rings. The van der Waals surface area contributed by atoms with Crippen molar-refractivity contribution in [1.82, 2.24) is 0 Å². The van der Waals surface area contributed by atoms with Crippen molar-refractivity contribution in [3.05, 3.63) is 44.6 Å². The summed E-state index contributed by atoms with van der Waals surface area (Å²) in [7, 11) is 0. The van der Waals surface area contributed by atoms with Gasteiger partial charge in [-0.05, 0) is 43.2 Å². The number of rotatable bonds is 6. The van der Waals surface area contributed by atoms with Gasteiger partial charge in [-0.3, -0.25) is 4.79 Å². The van der Waals surface area contributed by atoms with Crippen LogP contribution in [0.2, 0.25) is 5.02 Å². The third kappa shape index (κ3) is 4.46. The van der Waals surface area contributed by atoms with E-state index in [-0.39, 0.29) is 16.7 Å². The van der Waals surface area contributed by atoms with E-state index >= 15 is 0 Å². The van der Waals surface area contributed by atoms with Crippen molar-refractivity contribution in [2.45, 2.75) is 20.3 Å². The molecule has 0 aliphatic heterocycles. The number of carboxylic acid groups (broad SMARTS) is 1. The van der Waals surface area contributed by atoms with E-state index in [0.717, 1.165) is 12.0 Å². The molecule has 0 aliphatic rings. The fraction of sp³-hybridized carbons (Fsp3) is 0.250. The van der Waals surface area contributed by atoms with Crippen LogP contribution < -0.4 is 10.1 Å². The van der Waals surface area contributed by atoms with Crippen LogP contribution >= 0.6 is 22.9 Å². The Hall–Kier alpha value is -2.05. The number of thiophene rings is 1. The SMILES string of the molecule is CCc1sc(C(=O)Nc2ccc(OCC(=O)O)c(Cl)c2)cc1C. The molecule has 0 unspecified atom stereocenters. The zero-order valence-electron chi connectivity index (χ0n) is 12.7. The number of nitrogens with one attached hydrogen (secondary N) is 1. The van der Waals surface area contributed by atoms with Crippen LogP contribution in [-0.2, 0) is 11.2 Å². The van der Waals surface area contributed by atoms with Crippen molar-refractivity contribution in [1.29, 1.82) is 0 Å². The highest BCUT2D eigenvalue weighted by Crippen LogP contribution is 2.29. The summed E-state index contributed by atoms with van der Waals surface area (Å²) in [5, 5.41) is 11.6. The molecule has 0 spiro atoms. The minimum absolute atomic E-state index is 0.201. The fourth-order valence-corrected chi connectivity index (χ4v) is 3.25. The maximum absolute atomic E-state index is 12.3. The number of aliphatic carboxylic acids is 1. The van der Waals surface area contributed by atoms with Crippen molar-refractivity contribution in [3.63, 3.8) is 0 Å². The van der Waals surface area contributed by atoms with Crippen LogP contribution in [0.5, 0.6) is 5.75 Å². The lowest BCUT2D eigenvalue weighted by molar-refractivity contribution is -0.139. The van der Waals surface area contributed by atoms with Gasteiger partial charge in [0.1, 0.15) is 5.75 Å². The molecule has 2 rings (SSSR count). The number of amides is 1. The number of hydrogen-bond donors (Lipinski definition) is 2. The minimum atomic E-state index is -1.08. The van der Waals surface area contributed by atoms with Gasteiger partial charge < -0.3 is 15.2 Å². The molecule has 122 valence electrons. The van der Waals surface area contributed by atoms with Crippen molar-refractivity contribution < 1.29 is 19.4 Å². The Balaban J connectivity index is 2.08. The second-order valence-electron chi connectivity index (χ2n) is 4.85. The average Bonchev–Trinajstić information content (AvgIpc) is 2.87. The molecule has 0 saturated heterocycles. The maximum Gasteiger partial charge on any atom is 0.341 e. The molecule has 1 aromatic heterocycles. The smallest absolute Gasteiger partial charge is 0.341 e. The highest BCUT2D eigenvalue weighted by atomic mass is 35.5. The van der Waals surface area contributed by atoms with Gasteiger partial charge in [-0.15, -0.1) is 11.3 Å². The molecule has 0 saturated carbocycles. The van der Waals surface area contributed by atoms with E-state index in [9.17, 15) is 9.59 Å². The molecule has 0 bridgehead atoms. The Bertz CT molecular complexity index is 742. The summed E-state index contributed by atoms with van der Waals surface area (Å²) in [5.41, 5.74) is 1.63. The van der Waals surface area contributed by atoms with E-state index in [2.05, 4.69) is 12.2 Å². The Kier molecular flexibility index (Phi) is 5.63. The van der Waals surface area contributed by atoms with E-state index in [1.54, 1.807) is 6.07 Å². The Morgan fingerprint density at radius 2 is 2.09 bits per heavy atom. The normalized spacial score (nSPS) is 10.4. The average molecular weight is 354 g/mol.